The molecule has 7 heteroatoms. The summed E-state index contributed by atoms with van der Waals surface area (Å²) in [5.74, 6) is 1.56. The monoisotopic (exact) mass is 440 g/mol. The number of hydrogen-bond acceptors (Lipinski definition) is 5. The van der Waals surface area contributed by atoms with Crippen molar-refractivity contribution in [3.05, 3.63) is 57.3 Å². The molecule has 1 saturated heterocycles. The van der Waals surface area contributed by atoms with Gasteiger partial charge in [0, 0.05) is 41.5 Å². The fraction of sp³-hybridized carbons (Fsp3) is 0.435. The number of carbonyl (C=O) groups excluding carboxylic acids is 1. The molecule has 2 aliphatic rings. The van der Waals surface area contributed by atoms with E-state index in [9.17, 15) is 4.79 Å². The Hall–Kier alpha value is -2.02. The van der Waals surface area contributed by atoms with E-state index < -0.39 is 0 Å². The van der Waals surface area contributed by atoms with Gasteiger partial charge in [0.05, 0.1) is 5.69 Å². The number of aromatic nitrogens is 2. The van der Waals surface area contributed by atoms with E-state index in [0.29, 0.717) is 22.4 Å². The summed E-state index contributed by atoms with van der Waals surface area (Å²) in [6.45, 7) is 3.84. The molecule has 1 aliphatic carbocycles. The van der Waals surface area contributed by atoms with E-state index in [0.717, 1.165) is 59.7 Å². The Morgan fingerprint density at radius 2 is 2.13 bits per heavy atom. The van der Waals surface area contributed by atoms with E-state index in [2.05, 4.69) is 21.7 Å². The maximum atomic E-state index is 13.0. The summed E-state index contributed by atoms with van der Waals surface area (Å²) >= 11 is 8.32. The first kappa shape index (κ1) is 19.9. The van der Waals surface area contributed by atoms with Gasteiger partial charge in [-0.3, -0.25) is 4.79 Å². The third kappa shape index (κ3) is 3.61. The van der Waals surface area contributed by atoms with Crippen LogP contribution in [-0.2, 0) is 0 Å². The lowest BCUT2D eigenvalue weighted by Gasteiger charge is -2.31. The quantitative estimate of drug-likeness (QED) is 0.636. The van der Waals surface area contributed by atoms with Gasteiger partial charge in [-0.2, -0.15) is 0 Å². The zero-order valence-electron chi connectivity index (χ0n) is 17.2. The third-order valence-electron chi connectivity index (χ3n) is 6.39. The zero-order chi connectivity index (χ0) is 20.8. The number of halogens is 1. The Morgan fingerprint density at radius 3 is 2.90 bits per heavy atom. The molecule has 1 N–H and O–H groups in total. The van der Waals surface area contributed by atoms with Gasteiger partial charge in [-0.25, -0.2) is 9.97 Å². The zero-order valence-corrected chi connectivity index (χ0v) is 18.8. The fourth-order valence-electron chi connectivity index (χ4n) is 4.61. The molecule has 0 spiro atoms. The minimum Gasteiger partial charge on any atom is -0.337 e. The molecule has 1 saturated carbocycles. The molecule has 1 amide bonds. The van der Waals surface area contributed by atoms with Gasteiger partial charge in [0.25, 0.3) is 5.91 Å². The largest absolute Gasteiger partial charge is 0.337 e. The highest BCUT2D eigenvalue weighted by Crippen LogP contribution is 2.57. The van der Waals surface area contributed by atoms with Crippen molar-refractivity contribution in [2.75, 3.05) is 20.1 Å². The van der Waals surface area contributed by atoms with Crippen LogP contribution in [0.2, 0.25) is 5.02 Å². The second-order valence-electron chi connectivity index (χ2n) is 8.40. The lowest BCUT2D eigenvalue weighted by atomic mass is 10.0. The molecule has 2 aromatic heterocycles. The Balaban J connectivity index is 1.35. The highest BCUT2D eigenvalue weighted by atomic mass is 35.5. The van der Waals surface area contributed by atoms with Gasteiger partial charge in [-0.1, -0.05) is 17.7 Å². The number of nitrogens with one attached hydrogen (secondary N) is 1. The highest BCUT2D eigenvalue weighted by molar-refractivity contribution is 7.16. The van der Waals surface area contributed by atoms with Crippen LogP contribution in [-0.4, -0.2) is 47.0 Å². The van der Waals surface area contributed by atoms with Crippen molar-refractivity contribution in [2.24, 2.45) is 0 Å². The van der Waals surface area contributed by atoms with Gasteiger partial charge in [0.1, 0.15) is 10.7 Å². The molecule has 156 valence electrons. The highest BCUT2D eigenvalue weighted by Gasteiger charge is 2.43. The first-order valence-electron chi connectivity index (χ1n) is 10.5. The van der Waals surface area contributed by atoms with Crippen LogP contribution in [0.4, 0.5) is 0 Å². The van der Waals surface area contributed by atoms with E-state index in [4.69, 9.17) is 16.6 Å². The molecular formula is C23H25ClN4OS. The van der Waals surface area contributed by atoms with Crippen LogP contribution in [0, 0.1) is 6.92 Å². The number of thiophene rings is 1. The van der Waals surface area contributed by atoms with Crippen LogP contribution in [0.1, 0.15) is 58.5 Å². The molecule has 3 heterocycles. The number of piperidine rings is 1. The molecule has 2 fully saturated rings. The number of nitrogens with zero attached hydrogens (tertiary/aromatic N) is 3. The lowest BCUT2D eigenvalue weighted by molar-refractivity contribution is 0.0708. The van der Waals surface area contributed by atoms with E-state index >= 15 is 0 Å². The van der Waals surface area contributed by atoms with Crippen molar-refractivity contribution in [2.45, 2.75) is 44.1 Å². The maximum absolute atomic E-state index is 13.0. The first-order valence-corrected chi connectivity index (χ1v) is 11.8. The van der Waals surface area contributed by atoms with Crippen molar-refractivity contribution in [3.8, 4) is 0 Å². The Morgan fingerprint density at radius 1 is 1.27 bits per heavy atom. The van der Waals surface area contributed by atoms with Crippen LogP contribution in [0.5, 0.6) is 0 Å². The van der Waals surface area contributed by atoms with Crippen molar-refractivity contribution < 1.29 is 4.79 Å². The molecule has 5 rings (SSSR count). The number of carbonyl (C=O) groups is 1. The third-order valence-corrected chi connectivity index (χ3v) is 7.53. The summed E-state index contributed by atoms with van der Waals surface area (Å²) < 4.78 is 0. The van der Waals surface area contributed by atoms with Gasteiger partial charge < -0.3 is 10.2 Å². The van der Waals surface area contributed by atoms with Crippen molar-refractivity contribution >= 4 is 39.1 Å². The predicted molar refractivity (Wildman–Crippen MR) is 122 cm³/mol. The molecule has 3 atom stereocenters. The van der Waals surface area contributed by atoms with Crippen LogP contribution in [0.3, 0.4) is 0 Å². The molecule has 0 bridgehead atoms. The Kier molecular flexibility index (Phi) is 5.25. The number of rotatable bonds is 4. The normalized spacial score (nSPS) is 23.5. The van der Waals surface area contributed by atoms with Crippen molar-refractivity contribution in [1.29, 1.82) is 0 Å². The molecule has 30 heavy (non-hydrogen) atoms. The number of likely N-dealkylation sites (N-methyl/N-ethyl adjacent to an activating group) is 1. The van der Waals surface area contributed by atoms with Gasteiger partial charge in [0.15, 0.2) is 0 Å². The summed E-state index contributed by atoms with van der Waals surface area (Å²) in [6, 6.07) is 8.16. The topological polar surface area (TPSA) is 58.1 Å². The smallest absolute Gasteiger partial charge is 0.253 e. The van der Waals surface area contributed by atoms with Crippen molar-refractivity contribution in [1.82, 2.24) is 20.2 Å². The predicted octanol–water partition coefficient (Wildman–Crippen LogP) is 4.75. The number of hydrogen-bond donors (Lipinski definition) is 1. The molecule has 1 aliphatic heterocycles. The van der Waals surface area contributed by atoms with Gasteiger partial charge in [-0.05, 0) is 67.8 Å². The summed E-state index contributed by atoms with van der Waals surface area (Å²) in [5.41, 5.74) is 2.90. The van der Waals surface area contributed by atoms with Crippen LogP contribution < -0.4 is 5.32 Å². The van der Waals surface area contributed by atoms with Crippen LogP contribution in [0.15, 0.2) is 29.6 Å². The van der Waals surface area contributed by atoms with Gasteiger partial charge >= 0.3 is 0 Å². The van der Waals surface area contributed by atoms with Crippen LogP contribution in [0.25, 0.3) is 10.2 Å². The first-order chi connectivity index (χ1) is 14.5. The lowest BCUT2D eigenvalue weighted by Crippen LogP contribution is -2.46. The summed E-state index contributed by atoms with van der Waals surface area (Å²) in [7, 11) is 1.89. The summed E-state index contributed by atoms with van der Waals surface area (Å²) in [4.78, 5) is 25.2. The fourth-order valence-corrected chi connectivity index (χ4v) is 5.75. The van der Waals surface area contributed by atoms with E-state index in [1.54, 1.807) is 11.3 Å². The summed E-state index contributed by atoms with van der Waals surface area (Å²) in [6.07, 6.45) is 3.17. The van der Waals surface area contributed by atoms with Crippen LogP contribution >= 0.6 is 22.9 Å². The molecule has 0 radical (unpaired) electrons. The van der Waals surface area contributed by atoms with E-state index in [1.807, 2.05) is 37.1 Å². The van der Waals surface area contributed by atoms with Gasteiger partial charge in [-0.15, -0.1) is 11.3 Å². The van der Waals surface area contributed by atoms with E-state index in [-0.39, 0.29) is 11.9 Å². The maximum Gasteiger partial charge on any atom is 0.253 e. The molecule has 3 aromatic rings. The van der Waals surface area contributed by atoms with Gasteiger partial charge in [0.2, 0.25) is 0 Å². The minimum absolute atomic E-state index is 0.0379. The number of fused-ring (bicyclic) bond motifs is 1. The van der Waals surface area contributed by atoms with Crippen molar-refractivity contribution in [3.63, 3.8) is 0 Å². The number of amides is 1. The molecular weight excluding hydrogens is 416 g/mol. The number of benzene rings is 1. The minimum atomic E-state index is 0.0379. The van der Waals surface area contributed by atoms with E-state index in [1.165, 1.54) is 0 Å². The molecule has 5 nitrogen and oxygen atoms in total. The second-order valence-corrected chi connectivity index (χ2v) is 9.70. The second kappa shape index (κ2) is 7.91. The SMILES string of the molecule is Cc1nc(C2CC2c2ccc(C(=O)N(C)[C@H]3CCCNC3)cc2Cl)c2ccsc2n1. The average molecular weight is 441 g/mol. The Bertz CT molecular complexity index is 1110. The Labute approximate surface area is 185 Å². The average Bonchev–Trinajstić information content (AvgIpc) is 3.40. The summed E-state index contributed by atoms with van der Waals surface area (Å²) in [5, 5.41) is 7.28. The standard InChI is InChI=1S/C23H25ClN4OS/c1-13-26-21(17-7-9-30-22(17)27-13)19-11-18(19)16-6-5-14(10-20(16)24)23(29)28(2)15-4-3-8-25-12-15/h5-7,9-10,15,18-19,25H,3-4,8,11-12H2,1-2H3/t15-,18?,19?/m0/s1. The molecule has 2 unspecified atom stereocenters. The number of aryl methyl sites for hydroxylation is 1. The molecule has 1 aromatic carbocycles.